The van der Waals surface area contributed by atoms with Gasteiger partial charge in [0.2, 0.25) is 5.88 Å². The molecule has 178 valence electrons. The van der Waals surface area contributed by atoms with Crippen molar-refractivity contribution in [2.75, 3.05) is 13.1 Å². The van der Waals surface area contributed by atoms with E-state index in [4.69, 9.17) is 14.7 Å². The molecule has 0 bridgehead atoms. The fraction of sp³-hybridized carbons (Fsp3) is 0.345. The number of nitrogens with zero attached hydrogens (tertiary/aromatic N) is 3. The number of aromatic nitrogens is 2. The van der Waals surface area contributed by atoms with Gasteiger partial charge in [-0.1, -0.05) is 36.8 Å². The Labute approximate surface area is 209 Å². The van der Waals surface area contributed by atoms with Crippen molar-refractivity contribution in [3.63, 3.8) is 0 Å². The van der Waals surface area contributed by atoms with Gasteiger partial charge in [-0.05, 0) is 81.4 Å². The number of rotatable bonds is 6. The first kappa shape index (κ1) is 22.4. The lowest BCUT2D eigenvalue weighted by Crippen LogP contribution is -2.29. The number of thiophene rings is 1. The predicted octanol–water partition coefficient (Wildman–Crippen LogP) is 6.58. The van der Waals surface area contributed by atoms with Crippen LogP contribution in [0.4, 0.5) is 0 Å². The number of carbonyl (C=O) groups excluding carboxylic acids is 1. The van der Waals surface area contributed by atoms with Crippen molar-refractivity contribution < 1.29 is 9.53 Å². The minimum absolute atomic E-state index is 0.0114. The first-order chi connectivity index (χ1) is 17.2. The van der Waals surface area contributed by atoms with Crippen LogP contribution in [0.3, 0.4) is 0 Å². The maximum Gasteiger partial charge on any atom is 0.231 e. The number of likely N-dealkylation sites (tertiary alicyclic amines) is 1. The van der Waals surface area contributed by atoms with Gasteiger partial charge in [0.1, 0.15) is 16.4 Å². The highest BCUT2D eigenvalue weighted by molar-refractivity contribution is 7.18. The van der Waals surface area contributed by atoms with E-state index in [1.807, 2.05) is 65.9 Å². The van der Waals surface area contributed by atoms with Crippen LogP contribution in [-0.2, 0) is 19.4 Å². The lowest BCUT2D eigenvalue weighted by molar-refractivity contribution is 0.103. The predicted molar refractivity (Wildman–Crippen MR) is 140 cm³/mol. The first-order valence-corrected chi connectivity index (χ1v) is 13.5. The summed E-state index contributed by atoms with van der Waals surface area (Å²) < 4.78 is 6.41. The van der Waals surface area contributed by atoms with Gasteiger partial charge in [-0.15, -0.1) is 11.3 Å². The summed E-state index contributed by atoms with van der Waals surface area (Å²) in [5, 5.41) is 1.08. The number of aryl methyl sites for hydroxylation is 2. The Morgan fingerprint density at radius 3 is 2.40 bits per heavy atom. The molecule has 0 amide bonds. The molecular weight excluding hydrogens is 454 g/mol. The molecule has 5 nitrogen and oxygen atoms in total. The van der Waals surface area contributed by atoms with Crippen molar-refractivity contribution in [2.24, 2.45) is 0 Å². The van der Waals surface area contributed by atoms with E-state index in [1.165, 1.54) is 42.5 Å². The first-order valence-electron chi connectivity index (χ1n) is 12.7. The molecule has 0 radical (unpaired) electrons. The molecule has 2 aromatic heterocycles. The van der Waals surface area contributed by atoms with Gasteiger partial charge < -0.3 is 4.74 Å². The Morgan fingerprint density at radius 2 is 1.60 bits per heavy atom. The van der Waals surface area contributed by atoms with Gasteiger partial charge in [-0.25, -0.2) is 4.98 Å². The molecule has 0 unspecified atom stereocenters. The van der Waals surface area contributed by atoms with Crippen molar-refractivity contribution in [3.05, 3.63) is 82.0 Å². The van der Waals surface area contributed by atoms with Crippen molar-refractivity contribution in [1.82, 2.24) is 14.9 Å². The van der Waals surface area contributed by atoms with E-state index < -0.39 is 0 Å². The quantitative estimate of drug-likeness (QED) is 0.290. The summed E-state index contributed by atoms with van der Waals surface area (Å²) in [5.74, 6) is 2.19. The van der Waals surface area contributed by atoms with Crippen LogP contribution in [0.5, 0.6) is 11.6 Å². The highest BCUT2D eigenvalue weighted by Gasteiger charge is 2.23. The fourth-order valence-electron chi connectivity index (χ4n) is 5.17. The molecule has 0 atom stereocenters. The molecular formula is C29H29N3O2S. The fourth-order valence-corrected chi connectivity index (χ4v) is 6.44. The molecule has 1 aliphatic heterocycles. The lowest BCUT2D eigenvalue weighted by atomic mass is 9.97. The Kier molecular flexibility index (Phi) is 6.32. The van der Waals surface area contributed by atoms with E-state index in [0.717, 1.165) is 48.5 Å². The Morgan fingerprint density at radius 1 is 0.857 bits per heavy atom. The molecule has 0 spiro atoms. The Bertz CT molecular complexity index is 1340. The topological polar surface area (TPSA) is 55.3 Å². The summed E-state index contributed by atoms with van der Waals surface area (Å²) in [6.45, 7) is 2.98. The van der Waals surface area contributed by atoms with E-state index >= 15 is 0 Å². The number of hydrogen-bond acceptors (Lipinski definition) is 6. The zero-order valence-corrected chi connectivity index (χ0v) is 20.7. The number of benzene rings is 2. The molecule has 1 fully saturated rings. The second kappa shape index (κ2) is 9.88. The van der Waals surface area contributed by atoms with Gasteiger partial charge in [0.05, 0.1) is 11.9 Å². The van der Waals surface area contributed by atoms with Crippen molar-refractivity contribution in [1.29, 1.82) is 0 Å². The molecule has 1 aliphatic carbocycles. The van der Waals surface area contributed by atoms with Gasteiger partial charge in [0, 0.05) is 16.0 Å². The second-order valence-electron chi connectivity index (χ2n) is 9.49. The molecule has 1 saturated heterocycles. The normalized spacial score (nSPS) is 16.2. The number of hydrogen-bond donors (Lipinski definition) is 0. The Balaban J connectivity index is 1.32. The highest BCUT2D eigenvalue weighted by atomic mass is 32.1. The number of carbonyl (C=O) groups is 1. The molecule has 2 aliphatic rings. The second-order valence-corrected chi connectivity index (χ2v) is 10.6. The molecule has 6 rings (SSSR count). The van der Waals surface area contributed by atoms with Crippen molar-refractivity contribution >= 4 is 27.3 Å². The largest absolute Gasteiger partial charge is 0.438 e. The van der Waals surface area contributed by atoms with Crippen LogP contribution in [0.25, 0.3) is 10.2 Å². The van der Waals surface area contributed by atoms with Gasteiger partial charge >= 0.3 is 0 Å². The average molecular weight is 484 g/mol. The molecule has 0 saturated carbocycles. The van der Waals surface area contributed by atoms with E-state index in [9.17, 15) is 4.79 Å². The minimum atomic E-state index is 0.0114. The number of fused-ring (bicyclic) bond motifs is 3. The molecule has 4 aromatic rings. The number of ketones is 1. The van der Waals surface area contributed by atoms with E-state index in [1.54, 1.807) is 0 Å². The van der Waals surface area contributed by atoms with Crippen molar-refractivity contribution in [3.8, 4) is 11.6 Å². The van der Waals surface area contributed by atoms with Crippen LogP contribution in [0.2, 0.25) is 0 Å². The van der Waals surface area contributed by atoms with Crippen LogP contribution in [0.15, 0.2) is 54.6 Å². The third-order valence-corrected chi connectivity index (χ3v) is 8.19. The van der Waals surface area contributed by atoms with Crippen molar-refractivity contribution in [2.45, 2.75) is 51.5 Å². The zero-order valence-electron chi connectivity index (χ0n) is 19.8. The van der Waals surface area contributed by atoms with Crippen LogP contribution in [0, 0.1) is 0 Å². The summed E-state index contributed by atoms with van der Waals surface area (Å²) in [6.07, 6.45) is 8.41. The van der Waals surface area contributed by atoms with Gasteiger partial charge in [0.25, 0.3) is 0 Å². The SMILES string of the molecule is O=C(c1ccccc1)c1ccc(Oc2nc(CN3CCCCC3)nc3sc4c(c23)CCCC4)cc1. The third kappa shape index (κ3) is 4.73. The number of piperidine rings is 1. The number of ether oxygens (including phenoxy) is 1. The highest BCUT2D eigenvalue weighted by Crippen LogP contribution is 2.41. The van der Waals surface area contributed by atoms with Crippen LogP contribution < -0.4 is 4.74 Å². The lowest BCUT2D eigenvalue weighted by Gasteiger charge is -2.25. The summed E-state index contributed by atoms with van der Waals surface area (Å²) in [6, 6.07) is 16.8. The Hall–Kier alpha value is -3.09. The zero-order chi connectivity index (χ0) is 23.6. The monoisotopic (exact) mass is 483 g/mol. The molecule has 35 heavy (non-hydrogen) atoms. The van der Waals surface area contributed by atoms with Crippen LogP contribution in [0.1, 0.15) is 64.3 Å². The summed E-state index contributed by atoms with van der Waals surface area (Å²) in [4.78, 5) is 27.6. The van der Waals surface area contributed by atoms with Gasteiger partial charge in [0.15, 0.2) is 5.78 Å². The smallest absolute Gasteiger partial charge is 0.231 e. The standard InChI is InChI=1S/C29H29N3O2S/c33-27(20-9-3-1-4-10-20)21-13-15-22(16-14-21)34-28-26-23-11-5-6-12-24(23)35-29(26)31-25(30-28)19-32-17-7-2-8-18-32/h1,3-4,9-10,13-16H,2,5-8,11-12,17-19H2. The minimum Gasteiger partial charge on any atom is -0.438 e. The summed E-state index contributed by atoms with van der Waals surface area (Å²) in [7, 11) is 0. The van der Waals surface area contributed by atoms with E-state index in [2.05, 4.69) is 4.90 Å². The molecule has 6 heteroatoms. The van der Waals surface area contributed by atoms with Crippen LogP contribution in [-0.4, -0.2) is 33.7 Å². The average Bonchev–Trinajstić information content (AvgIpc) is 3.28. The summed E-state index contributed by atoms with van der Waals surface area (Å²) >= 11 is 1.81. The third-order valence-electron chi connectivity index (χ3n) is 7.01. The molecule has 3 heterocycles. The van der Waals surface area contributed by atoms with Gasteiger partial charge in [-0.2, -0.15) is 4.98 Å². The molecule has 2 aromatic carbocycles. The van der Waals surface area contributed by atoms with Crippen LogP contribution >= 0.6 is 11.3 Å². The summed E-state index contributed by atoms with van der Waals surface area (Å²) in [5.41, 5.74) is 2.70. The van der Waals surface area contributed by atoms with Gasteiger partial charge in [-0.3, -0.25) is 9.69 Å². The molecule has 0 N–H and O–H groups in total. The maximum atomic E-state index is 12.8. The maximum absolute atomic E-state index is 12.8. The van der Waals surface area contributed by atoms with E-state index in [0.29, 0.717) is 22.8 Å². The van der Waals surface area contributed by atoms with E-state index in [-0.39, 0.29) is 5.78 Å².